The van der Waals surface area contributed by atoms with Crippen molar-refractivity contribution in [1.29, 1.82) is 0 Å². The average Bonchev–Trinajstić information content (AvgIpc) is 2.73. The second-order valence-corrected chi connectivity index (χ2v) is 5.60. The van der Waals surface area contributed by atoms with Crippen LogP contribution in [0.2, 0.25) is 0 Å². The molecule has 0 saturated heterocycles. The highest BCUT2D eigenvalue weighted by Crippen LogP contribution is 2.27. The quantitative estimate of drug-likeness (QED) is 0.793. The number of halogens is 1. The van der Waals surface area contributed by atoms with Crippen molar-refractivity contribution in [3.63, 3.8) is 0 Å². The number of carbonyl (C=O) groups excluding carboxylic acids is 1. The van der Waals surface area contributed by atoms with E-state index in [1.54, 1.807) is 24.6 Å². The number of imidazole rings is 1. The van der Waals surface area contributed by atoms with Gasteiger partial charge in [0.1, 0.15) is 17.6 Å². The van der Waals surface area contributed by atoms with Gasteiger partial charge in [-0.2, -0.15) is 0 Å². The normalized spacial score (nSPS) is 12.9. The second kappa shape index (κ2) is 6.24. The van der Waals surface area contributed by atoms with Gasteiger partial charge in [-0.25, -0.2) is 9.37 Å². The first kappa shape index (κ1) is 15.5. The summed E-state index contributed by atoms with van der Waals surface area (Å²) in [6, 6.07) is 4.44. The molecule has 0 aliphatic carbocycles. The third-order valence-corrected chi connectivity index (χ3v) is 3.47. The van der Waals surface area contributed by atoms with Crippen LogP contribution in [0.15, 0.2) is 18.2 Å². The first-order valence-corrected chi connectivity index (χ1v) is 7.22. The van der Waals surface area contributed by atoms with Crippen molar-refractivity contribution in [3.8, 4) is 0 Å². The lowest BCUT2D eigenvalue weighted by Crippen LogP contribution is -2.21. The number of rotatable bonds is 5. The van der Waals surface area contributed by atoms with E-state index in [0.29, 0.717) is 35.8 Å². The van der Waals surface area contributed by atoms with Gasteiger partial charge in [-0.1, -0.05) is 13.8 Å². The Hall–Kier alpha value is -1.91. The summed E-state index contributed by atoms with van der Waals surface area (Å²) >= 11 is 0. The topological polar surface area (TPSA) is 44.1 Å². The van der Waals surface area contributed by atoms with E-state index in [2.05, 4.69) is 18.8 Å². The minimum atomic E-state index is -0.426. The minimum Gasteiger partial charge on any atom is -0.465 e. The number of hydrogen-bond acceptors (Lipinski definition) is 3. The third kappa shape index (κ3) is 3.23. The Morgan fingerprint density at radius 1 is 1.43 bits per heavy atom. The highest BCUT2D eigenvalue weighted by Gasteiger charge is 2.28. The number of hydrogen-bond donors (Lipinski definition) is 0. The van der Waals surface area contributed by atoms with Gasteiger partial charge in [0.25, 0.3) is 0 Å². The average molecular weight is 292 g/mol. The summed E-state index contributed by atoms with van der Waals surface area (Å²) in [5.41, 5.74) is 1.37. The minimum absolute atomic E-state index is 0.273. The largest absolute Gasteiger partial charge is 0.465 e. The van der Waals surface area contributed by atoms with E-state index in [0.717, 1.165) is 0 Å². The molecule has 5 heteroatoms. The van der Waals surface area contributed by atoms with Crippen molar-refractivity contribution < 1.29 is 13.9 Å². The summed E-state index contributed by atoms with van der Waals surface area (Å²) in [5.74, 6) is -0.0530. The zero-order chi connectivity index (χ0) is 15.6. The Balaban J connectivity index is 2.48. The Morgan fingerprint density at radius 2 is 2.14 bits per heavy atom. The van der Waals surface area contributed by atoms with Gasteiger partial charge in [0, 0.05) is 7.05 Å². The fourth-order valence-electron chi connectivity index (χ4n) is 2.51. The molecule has 2 aromatic rings. The molecule has 1 heterocycles. The zero-order valence-electron chi connectivity index (χ0n) is 12.9. The molecule has 0 saturated carbocycles. The maximum absolute atomic E-state index is 13.4. The molecule has 0 aliphatic rings. The molecular weight excluding hydrogens is 271 g/mol. The van der Waals surface area contributed by atoms with Crippen LogP contribution in [0.25, 0.3) is 11.0 Å². The van der Waals surface area contributed by atoms with Crippen LogP contribution >= 0.6 is 0 Å². The molecule has 1 aromatic heterocycles. The van der Waals surface area contributed by atoms with Gasteiger partial charge in [0.05, 0.1) is 17.6 Å². The number of nitrogens with zero attached hydrogens (tertiary/aromatic N) is 2. The summed E-state index contributed by atoms with van der Waals surface area (Å²) < 4.78 is 20.3. The molecule has 0 spiro atoms. The molecule has 0 bridgehead atoms. The molecule has 0 fully saturated rings. The van der Waals surface area contributed by atoms with E-state index >= 15 is 0 Å². The Labute approximate surface area is 123 Å². The fraction of sp³-hybridized carbons (Fsp3) is 0.500. The molecule has 0 radical (unpaired) electrons. The van der Waals surface area contributed by atoms with Crippen LogP contribution in [0.5, 0.6) is 0 Å². The van der Waals surface area contributed by atoms with Gasteiger partial charge in [-0.3, -0.25) is 4.79 Å². The van der Waals surface area contributed by atoms with E-state index in [9.17, 15) is 9.18 Å². The fourth-order valence-corrected chi connectivity index (χ4v) is 2.51. The SMILES string of the molecule is CCOC(=O)C(CC(C)C)c1nc2ccc(F)cc2n1C. The summed E-state index contributed by atoms with van der Waals surface area (Å²) in [4.78, 5) is 16.7. The lowest BCUT2D eigenvalue weighted by molar-refractivity contribution is -0.145. The van der Waals surface area contributed by atoms with Crippen molar-refractivity contribution >= 4 is 17.0 Å². The number of fused-ring (bicyclic) bond motifs is 1. The maximum atomic E-state index is 13.4. The lowest BCUT2D eigenvalue weighted by atomic mass is 9.96. The highest BCUT2D eigenvalue weighted by molar-refractivity contribution is 5.81. The Kier molecular flexibility index (Phi) is 4.60. The van der Waals surface area contributed by atoms with E-state index in [1.807, 2.05) is 0 Å². The zero-order valence-corrected chi connectivity index (χ0v) is 12.9. The van der Waals surface area contributed by atoms with Crippen molar-refractivity contribution in [2.24, 2.45) is 13.0 Å². The lowest BCUT2D eigenvalue weighted by Gasteiger charge is -2.17. The number of ether oxygens (including phenoxy) is 1. The van der Waals surface area contributed by atoms with Crippen LogP contribution in [0.1, 0.15) is 38.9 Å². The number of carbonyl (C=O) groups is 1. The number of aromatic nitrogens is 2. The van der Waals surface area contributed by atoms with Crippen molar-refractivity contribution in [2.45, 2.75) is 33.1 Å². The van der Waals surface area contributed by atoms with Crippen LogP contribution in [-0.2, 0) is 16.6 Å². The monoisotopic (exact) mass is 292 g/mol. The van der Waals surface area contributed by atoms with Crippen molar-refractivity contribution in [1.82, 2.24) is 9.55 Å². The van der Waals surface area contributed by atoms with Gasteiger partial charge in [0.15, 0.2) is 0 Å². The van der Waals surface area contributed by atoms with E-state index in [4.69, 9.17) is 4.74 Å². The predicted molar refractivity (Wildman–Crippen MR) is 79.5 cm³/mol. The van der Waals surface area contributed by atoms with E-state index in [-0.39, 0.29) is 11.8 Å². The van der Waals surface area contributed by atoms with Gasteiger partial charge >= 0.3 is 5.97 Å². The molecule has 114 valence electrons. The molecule has 21 heavy (non-hydrogen) atoms. The summed E-state index contributed by atoms with van der Waals surface area (Å²) in [6.07, 6.45) is 0.651. The van der Waals surface area contributed by atoms with Gasteiger partial charge in [-0.05, 0) is 37.5 Å². The standard InChI is InChI=1S/C16H21FN2O2/c1-5-21-16(20)12(8-10(2)3)15-18-13-7-6-11(17)9-14(13)19(15)4/h6-7,9-10,12H,5,8H2,1-4H3. The molecule has 1 atom stereocenters. The second-order valence-electron chi connectivity index (χ2n) is 5.60. The van der Waals surface area contributed by atoms with Crippen LogP contribution in [0, 0.1) is 11.7 Å². The third-order valence-electron chi connectivity index (χ3n) is 3.47. The van der Waals surface area contributed by atoms with Crippen molar-refractivity contribution in [3.05, 3.63) is 29.8 Å². The molecular formula is C16H21FN2O2. The van der Waals surface area contributed by atoms with Gasteiger partial charge in [0.2, 0.25) is 0 Å². The van der Waals surface area contributed by atoms with E-state index < -0.39 is 5.92 Å². The van der Waals surface area contributed by atoms with Gasteiger partial charge < -0.3 is 9.30 Å². The first-order valence-electron chi connectivity index (χ1n) is 7.22. The molecule has 4 nitrogen and oxygen atoms in total. The molecule has 1 unspecified atom stereocenters. The summed E-state index contributed by atoms with van der Waals surface area (Å²) in [5, 5.41) is 0. The summed E-state index contributed by atoms with van der Waals surface area (Å²) in [7, 11) is 1.80. The number of benzene rings is 1. The number of aryl methyl sites for hydroxylation is 1. The predicted octanol–water partition coefficient (Wildman–Crippen LogP) is 3.41. The van der Waals surface area contributed by atoms with Crippen molar-refractivity contribution in [2.75, 3.05) is 6.61 Å². The molecule has 0 aliphatic heterocycles. The van der Waals surface area contributed by atoms with Crippen LogP contribution < -0.4 is 0 Å². The van der Waals surface area contributed by atoms with Crippen LogP contribution in [0.4, 0.5) is 4.39 Å². The van der Waals surface area contributed by atoms with E-state index in [1.165, 1.54) is 12.1 Å². The van der Waals surface area contributed by atoms with Gasteiger partial charge in [-0.15, -0.1) is 0 Å². The molecule has 0 amide bonds. The highest BCUT2D eigenvalue weighted by atomic mass is 19.1. The number of esters is 1. The smallest absolute Gasteiger partial charge is 0.316 e. The summed E-state index contributed by atoms with van der Waals surface area (Å²) in [6.45, 7) is 6.23. The molecule has 1 aromatic carbocycles. The maximum Gasteiger partial charge on any atom is 0.316 e. The Morgan fingerprint density at radius 3 is 2.76 bits per heavy atom. The first-order chi connectivity index (χ1) is 9.93. The van der Waals surface area contributed by atoms with Crippen LogP contribution in [-0.4, -0.2) is 22.1 Å². The van der Waals surface area contributed by atoms with Crippen LogP contribution in [0.3, 0.4) is 0 Å². The molecule has 2 rings (SSSR count). The molecule has 0 N–H and O–H groups in total. The Bertz CT molecular complexity index is 649.